The Labute approximate surface area is 166 Å². The van der Waals surface area contributed by atoms with E-state index in [2.05, 4.69) is 5.32 Å². The standard InChI is InChI=1S/C20H17ClN2O5/c1-3-28-17-11-15(27-2)9-4-12(17)10-16-18(24)22-20(26)23(19(16)25)14-7-5-13(21)6-8-14/h4-11H,3H2,1-2H3,(H,22,24,26)/b16-10+. The highest BCUT2D eigenvalue weighted by Crippen LogP contribution is 2.29. The zero-order chi connectivity index (χ0) is 20.3. The summed E-state index contributed by atoms with van der Waals surface area (Å²) in [6.45, 7) is 2.20. The lowest BCUT2D eigenvalue weighted by Gasteiger charge is -2.26. The van der Waals surface area contributed by atoms with Crippen molar-refractivity contribution in [1.82, 2.24) is 5.32 Å². The number of carbonyl (C=O) groups excluding carboxylic acids is 3. The van der Waals surface area contributed by atoms with Crippen molar-refractivity contribution in [3.8, 4) is 11.5 Å². The third-order valence-corrected chi connectivity index (χ3v) is 4.26. The average Bonchev–Trinajstić information content (AvgIpc) is 2.67. The van der Waals surface area contributed by atoms with Crippen molar-refractivity contribution in [3.05, 3.63) is 58.6 Å². The molecule has 1 N–H and O–H groups in total. The van der Waals surface area contributed by atoms with E-state index >= 15 is 0 Å². The van der Waals surface area contributed by atoms with E-state index in [1.807, 2.05) is 6.92 Å². The SMILES string of the molecule is CCOc1cc(OC)ccc1/C=C1\C(=O)NC(=O)N(c2ccc(Cl)cc2)C1=O. The van der Waals surface area contributed by atoms with Gasteiger partial charge < -0.3 is 9.47 Å². The van der Waals surface area contributed by atoms with Gasteiger partial charge in [-0.3, -0.25) is 14.9 Å². The summed E-state index contributed by atoms with van der Waals surface area (Å²) in [5.41, 5.74) is 0.609. The minimum Gasteiger partial charge on any atom is -0.497 e. The van der Waals surface area contributed by atoms with Crippen molar-refractivity contribution in [2.45, 2.75) is 6.92 Å². The molecule has 0 bridgehead atoms. The largest absolute Gasteiger partial charge is 0.497 e. The predicted octanol–water partition coefficient (Wildman–Crippen LogP) is 3.41. The van der Waals surface area contributed by atoms with Crippen molar-refractivity contribution < 1.29 is 23.9 Å². The van der Waals surface area contributed by atoms with Crippen molar-refractivity contribution >= 4 is 41.2 Å². The Morgan fingerprint density at radius 3 is 2.46 bits per heavy atom. The monoisotopic (exact) mass is 400 g/mol. The smallest absolute Gasteiger partial charge is 0.335 e. The van der Waals surface area contributed by atoms with Crippen LogP contribution >= 0.6 is 11.6 Å². The van der Waals surface area contributed by atoms with Gasteiger partial charge in [0.15, 0.2) is 0 Å². The maximum Gasteiger partial charge on any atom is 0.335 e. The molecule has 1 fully saturated rings. The molecular weight excluding hydrogens is 384 g/mol. The summed E-state index contributed by atoms with van der Waals surface area (Å²) >= 11 is 5.86. The maximum atomic E-state index is 12.9. The van der Waals surface area contributed by atoms with Gasteiger partial charge in [0.2, 0.25) is 0 Å². The molecule has 28 heavy (non-hydrogen) atoms. The summed E-state index contributed by atoms with van der Waals surface area (Å²) in [7, 11) is 1.52. The van der Waals surface area contributed by atoms with Gasteiger partial charge in [-0.05, 0) is 49.4 Å². The number of rotatable bonds is 5. The molecule has 144 valence electrons. The van der Waals surface area contributed by atoms with Gasteiger partial charge in [0.25, 0.3) is 11.8 Å². The van der Waals surface area contributed by atoms with Gasteiger partial charge in [0.1, 0.15) is 17.1 Å². The van der Waals surface area contributed by atoms with Crippen LogP contribution in [-0.2, 0) is 9.59 Å². The van der Waals surface area contributed by atoms with E-state index in [1.54, 1.807) is 30.3 Å². The Morgan fingerprint density at radius 1 is 1.11 bits per heavy atom. The number of anilines is 1. The van der Waals surface area contributed by atoms with Gasteiger partial charge in [-0.2, -0.15) is 0 Å². The van der Waals surface area contributed by atoms with Crippen LogP contribution in [0.1, 0.15) is 12.5 Å². The summed E-state index contributed by atoms with van der Waals surface area (Å²) in [6.07, 6.45) is 1.39. The topological polar surface area (TPSA) is 84.9 Å². The van der Waals surface area contributed by atoms with E-state index in [1.165, 1.54) is 25.3 Å². The highest BCUT2D eigenvalue weighted by Gasteiger charge is 2.36. The Balaban J connectivity index is 2.03. The van der Waals surface area contributed by atoms with Crippen molar-refractivity contribution in [2.24, 2.45) is 0 Å². The first-order valence-corrected chi connectivity index (χ1v) is 8.80. The maximum absolute atomic E-state index is 12.9. The number of nitrogens with zero attached hydrogens (tertiary/aromatic N) is 1. The number of hydrogen-bond acceptors (Lipinski definition) is 5. The molecule has 0 aromatic heterocycles. The van der Waals surface area contributed by atoms with Crippen LogP contribution in [0, 0.1) is 0 Å². The minimum absolute atomic E-state index is 0.194. The van der Waals surface area contributed by atoms with E-state index in [0.29, 0.717) is 34.4 Å². The fourth-order valence-electron chi connectivity index (χ4n) is 2.68. The molecule has 4 amide bonds. The zero-order valence-electron chi connectivity index (χ0n) is 15.2. The highest BCUT2D eigenvalue weighted by atomic mass is 35.5. The van der Waals surface area contributed by atoms with E-state index in [9.17, 15) is 14.4 Å². The number of hydrogen-bond donors (Lipinski definition) is 1. The van der Waals surface area contributed by atoms with Crippen LogP contribution in [-0.4, -0.2) is 31.6 Å². The number of carbonyl (C=O) groups is 3. The first kappa shape index (κ1) is 19.4. The molecule has 1 saturated heterocycles. The number of nitrogens with one attached hydrogen (secondary N) is 1. The molecule has 0 atom stereocenters. The normalized spacial score (nSPS) is 15.6. The van der Waals surface area contributed by atoms with Gasteiger partial charge in [0.05, 0.1) is 19.4 Å². The molecule has 0 aliphatic carbocycles. The van der Waals surface area contributed by atoms with Gasteiger partial charge in [0, 0.05) is 16.7 Å². The van der Waals surface area contributed by atoms with Crippen molar-refractivity contribution in [1.29, 1.82) is 0 Å². The fourth-order valence-corrected chi connectivity index (χ4v) is 2.81. The predicted molar refractivity (Wildman–Crippen MR) is 105 cm³/mol. The van der Waals surface area contributed by atoms with E-state index in [0.717, 1.165) is 4.90 Å². The molecule has 8 heteroatoms. The first-order valence-electron chi connectivity index (χ1n) is 8.42. The number of halogens is 1. The minimum atomic E-state index is -0.825. The summed E-state index contributed by atoms with van der Waals surface area (Å²) in [6, 6.07) is 10.3. The average molecular weight is 401 g/mol. The summed E-state index contributed by atoms with van der Waals surface area (Å²) in [4.78, 5) is 38.3. The zero-order valence-corrected chi connectivity index (χ0v) is 15.9. The Bertz CT molecular complexity index is 969. The lowest BCUT2D eigenvalue weighted by molar-refractivity contribution is -0.122. The second kappa shape index (κ2) is 8.14. The molecule has 0 saturated carbocycles. The van der Waals surface area contributed by atoms with E-state index in [-0.39, 0.29) is 5.57 Å². The first-order chi connectivity index (χ1) is 13.4. The number of methoxy groups -OCH3 is 1. The Kier molecular flexibility index (Phi) is 5.65. The molecule has 7 nitrogen and oxygen atoms in total. The Hall–Kier alpha value is -3.32. The van der Waals surface area contributed by atoms with E-state index in [4.69, 9.17) is 21.1 Å². The van der Waals surface area contributed by atoms with Crippen molar-refractivity contribution in [2.75, 3.05) is 18.6 Å². The van der Waals surface area contributed by atoms with Crippen LogP contribution in [0.3, 0.4) is 0 Å². The van der Waals surface area contributed by atoms with Crippen molar-refractivity contribution in [3.63, 3.8) is 0 Å². The quantitative estimate of drug-likeness (QED) is 0.614. The number of barbiturate groups is 1. The van der Waals surface area contributed by atoms with Crippen LogP contribution in [0.5, 0.6) is 11.5 Å². The van der Waals surface area contributed by atoms with Gasteiger partial charge in [-0.1, -0.05) is 11.6 Å². The third-order valence-electron chi connectivity index (χ3n) is 4.01. The summed E-state index contributed by atoms with van der Waals surface area (Å²) in [5.74, 6) is -0.499. The molecule has 0 unspecified atom stereocenters. The molecule has 2 aromatic rings. The number of urea groups is 1. The lowest BCUT2D eigenvalue weighted by Crippen LogP contribution is -2.54. The molecule has 1 aliphatic rings. The Morgan fingerprint density at radius 2 is 1.82 bits per heavy atom. The third kappa shape index (κ3) is 3.84. The number of amides is 4. The van der Waals surface area contributed by atoms with Gasteiger partial charge >= 0.3 is 6.03 Å². The number of ether oxygens (including phenoxy) is 2. The molecule has 3 rings (SSSR count). The van der Waals surface area contributed by atoms with Crippen LogP contribution in [0.25, 0.3) is 6.08 Å². The van der Waals surface area contributed by atoms with Gasteiger partial charge in [-0.25, -0.2) is 9.69 Å². The highest BCUT2D eigenvalue weighted by molar-refractivity contribution is 6.39. The second-order valence-electron chi connectivity index (χ2n) is 5.77. The second-order valence-corrected chi connectivity index (χ2v) is 6.21. The summed E-state index contributed by atoms with van der Waals surface area (Å²) in [5, 5.41) is 2.64. The lowest BCUT2D eigenvalue weighted by atomic mass is 10.1. The molecule has 1 aliphatic heterocycles. The summed E-state index contributed by atoms with van der Waals surface area (Å²) < 4.78 is 10.8. The van der Waals surface area contributed by atoms with Crippen LogP contribution in [0.2, 0.25) is 5.02 Å². The molecular formula is C20H17ClN2O5. The molecule has 1 heterocycles. The van der Waals surface area contributed by atoms with Crippen LogP contribution in [0.15, 0.2) is 48.0 Å². The van der Waals surface area contributed by atoms with Gasteiger partial charge in [-0.15, -0.1) is 0 Å². The number of benzene rings is 2. The molecule has 2 aromatic carbocycles. The molecule has 0 spiro atoms. The number of imide groups is 2. The van der Waals surface area contributed by atoms with E-state index < -0.39 is 17.8 Å². The fraction of sp³-hybridized carbons (Fsp3) is 0.150. The van der Waals surface area contributed by atoms with Crippen LogP contribution in [0.4, 0.5) is 10.5 Å². The van der Waals surface area contributed by atoms with Crippen LogP contribution < -0.4 is 19.7 Å². The molecule has 0 radical (unpaired) electrons.